The fourth-order valence-electron chi connectivity index (χ4n) is 0.964. The van der Waals surface area contributed by atoms with Crippen molar-refractivity contribution in [2.45, 2.75) is 26.7 Å². The zero-order valence-electron chi connectivity index (χ0n) is 7.59. The minimum atomic E-state index is -0.204. The average molecular weight is 169 g/mol. The number of nitrogens with one attached hydrogen (secondary N) is 1. The van der Waals surface area contributed by atoms with Gasteiger partial charge >= 0.3 is 0 Å². The van der Waals surface area contributed by atoms with Gasteiger partial charge in [0.1, 0.15) is 6.29 Å². The SMILES string of the molecule is CC(C)C(=O)NCC1(C=O)CC1. The molecule has 1 N–H and O–H groups in total. The van der Waals surface area contributed by atoms with E-state index in [1.54, 1.807) is 0 Å². The van der Waals surface area contributed by atoms with E-state index in [1.807, 2.05) is 13.8 Å². The standard InChI is InChI=1S/C9H15NO2/c1-7(2)8(12)10-5-9(6-11)3-4-9/h6-7H,3-5H2,1-2H3,(H,10,12). The monoisotopic (exact) mass is 169 g/mol. The second-order valence-corrected chi connectivity index (χ2v) is 3.85. The van der Waals surface area contributed by atoms with E-state index in [9.17, 15) is 9.59 Å². The summed E-state index contributed by atoms with van der Waals surface area (Å²) >= 11 is 0. The topological polar surface area (TPSA) is 46.2 Å². The van der Waals surface area contributed by atoms with Crippen LogP contribution < -0.4 is 5.32 Å². The molecule has 0 aromatic rings. The minimum Gasteiger partial charge on any atom is -0.355 e. The summed E-state index contributed by atoms with van der Waals surface area (Å²) in [5, 5.41) is 2.77. The molecule has 0 unspecified atom stereocenters. The van der Waals surface area contributed by atoms with Crippen molar-refractivity contribution in [3.63, 3.8) is 0 Å². The Labute approximate surface area is 72.5 Å². The zero-order valence-corrected chi connectivity index (χ0v) is 7.59. The second kappa shape index (κ2) is 3.25. The molecule has 1 aliphatic carbocycles. The van der Waals surface area contributed by atoms with Crippen LogP contribution in [-0.4, -0.2) is 18.7 Å². The molecule has 0 aromatic carbocycles. The van der Waals surface area contributed by atoms with Gasteiger partial charge in [0.05, 0.1) is 0 Å². The maximum Gasteiger partial charge on any atom is 0.222 e. The first-order valence-corrected chi connectivity index (χ1v) is 4.34. The van der Waals surface area contributed by atoms with Crippen LogP contribution in [0.5, 0.6) is 0 Å². The lowest BCUT2D eigenvalue weighted by molar-refractivity contribution is -0.124. The lowest BCUT2D eigenvalue weighted by Crippen LogP contribution is -2.33. The Morgan fingerprint density at radius 2 is 2.17 bits per heavy atom. The Kier molecular flexibility index (Phi) is 2.50. The van der Waals surface area contributed by atoms with Crippen LogP contribution in [0.3, 0.4) is 0 Å². The number of carbonyl (C=O) groups is 2. The van der Waals surface area contributed by atoms with E-state index in [2.05, 4.69) is 5.32 Å². The van der Waals surface area contributed by atoms with Crippen LogP contribution in [0.1, 0.15) is 26.7 Å². The maximum absolute atomic E-state index is 11.1. The predicted molar refractivity (Wildman–Crippen MR) is 45.6 cm³/mol. The molecule has 68 valence electrons. The van der Waals surface area contributed by atoms with Gasteiger partial charge in [-0.1, -0.05) is 13.8 Å². The molecule has 0 heterocycles. The van der Waals surface area contributed by atoms with Gasteiger partial charge in [-0.05, 0) is 12.8 Å². The maximum atomic E-state index is 11.1. The average Bonchev–Trinajstić information content (AvgIpc) is 2.81. The molecule has 12 heavy (non-hydrogen) atoms. The van der Waals surface area contributed by atoms with Gasteiger partial charge in [0.2, 0.25) is 5.91 Å². The first-order chi connectivity index (χ1) is 5.59. The molecule has 1 aliphatic rings. The Morgan fingerprint density at radius 1 is 1.58 bits per heavy atom. The van der Waals surface area contributed by atoms with Crippen molar-refractivity contribution >= 4 is 12.2 Å². The molecule has 0 aromatic heterocycles. The third-order valence-electron chi connectivity index (χ3n) is 2.28. The normalized spacial score (nSPS) is 18.9. The second-order valence-electron chi connectivity index (χ2n) is 3.85. The van der Waals surface area contributed by atoms with E-state index in [4.69, 9.17) is 0 Å². The smallest absolute Gasteiger partial charge is 0.222 e. The zero-order chi connectivity index (χ0) is 9.19. The number of aldehydes is 1. The lowest BCUT2D eigenvalue weighted by Gasteiger charge is -2.10. The van der Waals surface area contributed by atoms with Crippen molar-refractivity contribution in [2.75, 3.05) is 6.54 Å². The van der Waals surface area contributed by atoms with Gasteiger partial charge in [-0.25, -0.2) is 0 Å². The molecule has 0 bridgehead atoms. The van der Waals surface area contributed by atoms with E-state index in [0.717, 1.165) is 19.1 Å². The summed E-state index contributed by atoms with van der Waals surface area (Å²) in [5.41, 5.74) is -0.204. The molecule has 0 aliphatic heterocycles. The molecule has 1 rings (SSSR count). The summed E-state index contributed by atoms with van der Waals surface area (Å²) in [4.78, 5) is 21.6. The van der Waals surface area contributed by atoms with Crippen molar-refractivity contribution in [3.05, 3.63) is 0 Å². The van der Waals surface area contributed by atoms with Gasteiger partial charge in [-0.2, -0.15) is 0 Å². The van der Waals surface area contributed by atoms with Crippen LogP contribution in [-0.2, 0) is 9.59 Å². The van der Waals surface area contributed by atoms with Crippen LogP contribution in [0.4, 0.5) is 0 Å². The molecule has 3 nitrogen and oxygen atoms in total. The third kappa shape index (κ3) is 2.06. The highest BCUT2D eigenvalue weighted by Gasteiger charge is 2.42. The number of rotatable bonds is 4. The first-order valence-electron chi connectivity index (χ1n) is 4.34. The summed E-state index contributed by atoms with van der Waals surface area (Å²) in [5.74, 6) is 0.0376. The molecule has 3 heteroatoms. The number of amides is 1. The van der Waals surface area contributed by atoms with Gasteiger partial charge in [-0.3, -0.25) is 4.79 Å². The van der Waals surface area contributed by atoms with Gasteiger partial charge in [-0.15, -0.1) is 0 Å². The van der Waals surface area contributed by atoms with E-state index in [1.165, 1.54) is 0 Å². The molecule has 0 spiro atoms. The molecule has 1 fully saturated rings. The lowest BCUT2D eigenvalue weighted by atomic mass is 10.1. The highest BCUT2D eigenvalue weighted by atomic mass is 16.2. The largest absolute Gasteiger partial charge is 0.355 e. The van der Waals surface area contributed by atoms with Gasteiger partial charge in [0.15, 0.2) is 0 Å². The van der Waals surface area contributed by atoms with Gasteiger partial charge in [0, 0.05) is 17.9 Å². The Bertz CT molecular complexity index is 195. The van der Waals surface area contributed by atoms with Gasteiger partial charge < -0.3 is 10.1 Å². The van der Waals surface area contributed by atoms with Crippen LogP contribution in [0, 0.1) is 11.3 Å². The molecule has 1 saturated carbocycles. The quantitative estimate of drug-likeness (QED) is 0.631. The number of carbonyl (C=O) groups excluding carboxylic acids is 2. The Morgan fingerprint density at radius 3 is 2.50 bits per heavy atom. The van der Waals surface area contributed by atoms with Crippen LogP contribution in [0.15, 0.2) is 0 Å². The molecule has 0 saturated heterocycles. The van der Waals surface area contributed by atoms with Crippen molar-refractivity contribution in [1.29, 1.82) is 0 Å². The molecule has 0 atom stereocenters. The summed E-state index contributed by atoms with van der Waals surface area (Å²) in [6, 6.07) is 0. The summed E-state index contributed by atoms with van der Waals surface area (Å²) in [7, 11) is 0. The number of hydrogen-bond donors (Lipinski definition) is 1. The number of hydrogen-bond acceptors (Lipinski definition) is 2. The van der Waals surface area contributed by atoms with Crippen molar-refractivity contribution in [3.8, 4) is 0 Å². The Hall–Kier alpha value is -0.860. The van der Waals surface area contributed by atoms with Crippen LogP contribution in [0.2, 0.25) is 0 Å². The minimum absolute atomic E-state index is 0.00690. The summed E-state index contributed by atoms with van der Waals surface area (Å²) in [6.07, 6.45) is 2.82. The van der Waals surface area contributed by atoms with E-state index in [0.29, 0.717) is 6.54 Å². The Balaban J connectivity index is 2.26. The molecular formula is C9H15NO2. The highest BCUT2D eigenvalue weighted by Crippen LogP contribution is 2.42. The van der Waals surface area contributed by atoms with E-state index < -0.39 is 0 Å². The molecule has 1 amide bonds. The van der Waals surface area contributed by atoms with Gasteiger partial charge in [0.25, 0.3) is 0 Å². The van der Waals surface area contributed by atoms with E-state index in [-0.39, 0.29) is 17.2 Å². The summed E-state index contributed by atoms with van der Waals surface area (Å²) in [6.45, 7) is 4.21. The van der Waals surface area contributed by atoms with Crippen LogP contribution in [0.25, 0.3) is 0 Å². The fraction of sp³-hybridized carbons (Fsp3) is 0.778. The van der Waals surface area contributed by atoms with Crippen molar-refractivity contribution in [2.24, 2.45) is 11.3 Å². The highest BCUT2D eigenvalue weighted by molar-refractivity contribution is 5.78. The van der Waals surface area contributed by atoms with Crippen LogP contribution >= 0.6 is 0 Å². The fourth-order valence-corrected chi connectivity index (χ4v) is 0.964. The first kappa shape index (κ1) is 9.23. The van der Waals surface area contributed by atoms with Crippen molar-refractivity contribution < 1.29 is 9.59 Å². The van der Waals surface area contributed by atoms with Crippen molar-refractivity contribution in [1.82, 2.24) is 5.32 Å². The molecule has 0 radical (unpaired) electrons. The third-order valence-corrected chi connectivity index (χ3v) is 2.28. The van der Waals surface area contributed by atoms with E-state index >= 15 is 0 Å². The predicted octanol–water partition coefficient (Wildman–Crippen LogP) is 0.738. The summed E-state index contributed by atoms with van der Waals surface area (Å²) < 4.78 is 0. The molecular weight excluding hydrogens is 154 g/mol.